The number of aromatic nitrogens is 1. The second-order valence-corrected chi connectivity index (χ2v) is 7.52. The van der Waals surface area contributed by atoms with Crippen molar-refractivity contribution in [1.82, 2.24) is 9.88 Å². The monoisotopic (exact) mass is 430 g/mol. The number of carbonyl (C=O) groups is 2. The summed E-state index contributed by atoms with van der Waals surface area (Å²) in [5.74, 6) is -1.06. The summed E-state index contributed by atoms with van der Waals surface area (Å²) in [6, 6.07) is 15.8. The fourth-order valence-corrected chi connectivity index (χ4v) is 3.89. The summed E-state index contributed by atoms with van der Waals surface area (Å²) in [7, 11) is 1.55. The molecule has 2 heterocycles. The van der Waals surface area contributed by atoms with E-state index >= 15 is 0 Å². The molecule has 1 aliphatic heterocycles. The van der Waals surface area contributed by atoms with Gasteiger partial charge in [-0.2, -0.15) is 0 Å². The van der Waals surface area contributed by atoms with E-state index in [1.807, 2.05) is 6.92 Å². The number of aliphatic hydroxyl groups excluding tert-OH is 1. The lowest BCUT2D eigenvalue weighted by Crippen LogP contribution is -2.29. The highest BCUT2D eigenvalue weighted by molar-refractivity contribution is 6.46. The van der Waals surface area contributed by atoms with E-state index in [4.69, 9.17) is 4.74 Å². The Morgan fingerprint density at radius 1 is 1.09 bits per heavy atom. The average Bonchev–Trinajstić information content (AvgIpc) is 3.04. The molecule has 32 heavy (non-hydrogen) atoms. The lowest BCUT2D eigenvalue weighted by molar-refractivity contribution is -0.140. The van der Waals surface area contributed by atoms with Crippen LogP contribution < -0.4 is 4.74 Å². The first-order valence-corrected chi connectivity index (χ1v) is 10.0. The normalized spacial score (nSPS) is 17.6. The molecule has 0 saturated carbocycles. The van der Waals surface area contributed by atoms with E-state index in [2.05, 4.69) is 4.98 Å². The van der Waals surface area contributed by atoms with Gasteiger partial charge in [0.25, 0.3) is 11.7 Å². The van der Waals surface area contributed by atoms with E-state index in [0.29, 0.717) is 22.6 Å². The van der Waals surface area contributed by atoms with E-state index in [0.717, 1.165) is 5.56 Å². The van der Waals surface area contributed by atoms with Crippen molar-refractivity contribution in [2.45, 2.75) is 19.5 Å². The van der Waals surface area contributed by atoms with Gasteiger partial charge in [0.2, 0.25) is 0 Å². The zero-order valence-corrected chi connectivity index (χ0v) is 17.6. The zero-order chi connectivity index (χ0) is 22.8. The molecule has 0 spiro atoms. The molecule has 7 nitrogen and oxygen atoms in total. The van der Waals surface area contributed by atoms with E-state index in [1.165, 1.54) is 17.0 Å². The molecule has 1 amide bonds. The Hall–Kier alpha value is -4.13. The van der Waals surface area contributed by atoms with E-state index < -0.39 is 17.7 Å². The number of aliphatic hydroxyl groups is 1. The van der Waals surface area contributed by atoms with Crippen molar-refractivity contribution >= 4 is 17.4 Å². The Morgan fingerprint density at radius 2 is 1.84 bits per heavy atom. The van der Waals surface area contributed by atoms with Crippen LogP contribution in [0.5, 0.6) is 11.5 Å². The average molecular weight is 430 g/mol. The highest BCUT2D eigenvalue weighted by Crippen LogP contribution is 2.40. The number of phenols is 1. The molecule has 1 unspecified atom stereocenters. The van der Waals surface area contributed by atoms with E-state index in [-0.39, 0.29) is 23.6 Å². The number of methoxy groups -OCH3 is 1. The Balaban J connectivity index is 1.86. The van der Waals surface area contributed by atoms with Crippen LogP contribution in [-0.4, -0.2) is 38.9 Å². The summed E-state index contributed by atoms with van der Waals surface area (Å²) in [5, 5.41) is 20.8. The Bertz CT molecular complexity index is 1200. The molecule has 0 bridgehead atoms. The third kappa shape index (κ3) is 3.80. The first-order valence-electron chi connectivity index (χ1n) is 10.0. The quantitative estimate of drug-likeness (QED) is 0.364. The third-order valence-electron chi connectivity index (χ3n) is 5.48. The van der Waals surface area contributed by atoms with Gasteiger partial charge < -0.3 is 19.8 Å². The van der Waals surface area contributed by atoms with Gasteiger partial charge in [-0.25, -0.2) is 0 Å². The molecule has 1 aromatic heterocycles. The van der Waals surface area contributed by atoms with Crippen molar-refractivity contribution < 1.29 is 24.5 Å². The lowest BCUT2D eigenvalue weighted by atomic mass is 9.94. The van der Waals surface area contributed by atoms with Crippen molar-refractivity contribution in [3.63, 3.8) is 0 Å². The molecule has 1 atom stereocenters. The first kappa shape index (κ1) is 21.1. The van der Waals surface area contributed by atoms with Gasteiger partial charge in [-0.1, -0.05) is 18.2 Å². The molecule has 1 saturated heterocycles. The van der Waals surface area contributed by atoms with Crippen LogP contribution in [0.4, 0.5) is 0 Å². The van der Waals surface area contributed by atoms with Crippen molar-refractivity contribution in [1.29, 1.82) is 0 Å². The minimum absolute atomic E-state index is 0.0128. The minimum atomic E-state index is -0.833. The number of likely N-dealkylation sites (tertiary alicyclic amines) is 1. The van der Waals surface area contributed by atoms with Crippen LogP contribution in [-0.2, 0) is 16.1 Å². The maximum Gasteiger partial charge on any atom is 0.296 e. The number of amides is 1. The predicted molar refractivity (Wildman–Crippen MR) is 118 cm³/mol. The van der Waals surface area contributed by atoms with Gasteiger partial charge in [0.05, 0.1) is 31.0 Å². The molecular formula is C25H22N2O5. The van der Waals surface area contributed by atoms with Crippen LogP contribution in [0.2, 0.25) is 0 Å². The van der Waals surface area contributed by atoms with Crippen LogP contribution in [0, 0.1) is 6.92 Å². The van der Waals surface area contributed by atoms with Crippen molar-refractivity contribution in [2.24, 2.45) is 0 Å². The maximum atomic E-state index is 13.1. The molecule has 1 aliphatic rings. The largest absolute Gasteiger partial charge is 0.508 e. The van der Waals surface area contributed by atoms with Gasteiger partial charge >= 0.3 is 0 Å². The second kappa shape index (κ2) is 8.55. The number of phenolic OH excluding ortho intramolecular Hbond substituents is 1. The highest BCUT2D eigenvalue weighted by atomic mass is 16.5. The number of aromatic hydroxyl groups is 1. The summed E-state index contributed by atoms with van der Waals surface area (Å²) in [6.07, 6.45) is 1.61. The molecular weight excluding hydrogens is 408 g/mol. The third-order valence-corrected chi connectivity index (χ3v) is 5.48. The first-order chi connectivity index (χ1) is 15.4. The van der Waals surface area contributed by atoms with Gasteiger partial charge in [-0.15, -0.1) is 0 Å². The molecule has 4 rings (SSSR count). The summed E-state index contributed by atoms with van der Waals surface area (Å²) < 4.78 is 5.27. The number of ether oxygens (including phenoxy) is 1. The number of rotatable bonds is 5. The fourth-order valence-electron chi connectivity index (χ4n) is 3.89. The van der Waals surface area contributed by atoms with Gasteiger partial charge in [0.15, 0.2) is 0 Å². The highest BCUT2D eigenvalue weighted by Gasteiger charge is 2.46. The van der Waals surface area contributed by atoms with Crippen molar-refractivity contribution in [3.05, 3.63) is 94.8 Å². The fraction of sp³-hybridized carbons (Fsp3) is 0.160. The molecule has 2 aromatic carbocycles. The van der Waals surface area contributed by atoms with Gasteiger partial charge in [0, 0.05) is 11.8 Å². The Labute approximate surface area is 185 Å². The number of aryl methyl sites for hydroxylation is 1. The second-order valence-electron chi connectivity index (χ2n) is 7.52. The number of hydrogen-bond acceptors (Lipinski definition) is 6. The van der Waals surface area contributed by atoms with Crippen LogP contribution >= 0.6 is 0 Å². The lowest BCUT2D eigenvalue weighted by Gasteiger charge is -2.25. The summed E-state index contributed by atoms with van der Waals surface area (Å²) in [5.41, 5.74) is 2.37. The maximum absolute atomic E-state index is 13.1. The number of benzene rings is 2. The van der Waals surface area contributed by atoms with Crippen LogP contribution in [0.3, 0.4) is 0 Å². The number of Topliss-reactive ketones (excluding diaryl/α,β-unsaturated/α-hetero) is 1. The van der Waals surface area contributed by atoms with Crippen molar-refractivity contribution in [2.75, 3.05) is 7.11 Å². The van der Waals surface area contributed by atoms with Gasteiger partial charge in [-0.3, -0.25) is 14.6 Å². The van der Waals surface area contributed by atoms with Crippen LogP contribution in [0.15, 0.2) is 72.4 Å². The topological polar surface area (TPSA) is 100.0 Å². The zero-order valence-electron chi connectivity index (χ0n) is 17.6. The Morgan fingerprint density at radius 3 is 2.47 bits per heavy atom. The summed E-state index contributed by atoms with van der Waals surface area (Å²) in [6.45, 7) is 1.92. The number of hydrogen-bond donors (Lipinski definition) is 2. The van der Waals surface area contributed by atoms with E-state index in [9.17, 15) is 19.8 Å². The molecule has 7 heteroatoms. The van der Waals surface area contributed by atoms with Crippen LogP contribution in [0.1, 0.15) is 28.4 Å². The van der Waals surface area contributed by atoms with Crippen LogP contribution in [0.25, 0.3) is 5.76 Å². The molecule has 2 N–H and O–H groups in total. The standard InChI is InChI=1S/C25H22N2O5/c1-15-13-17(8-11-20(15)32-2)23(29)21-22(16-6-9-19(28)10-7-16)27(25(31)24(21)30)14-18-5-3-4-12-26-18/h3-13,22,28-29H,14H2,1-2H3/b23-21-. The SMILES string of the molecule is COc1ccc(/C(O)=C2/C(=O)C(=O)N(Cc3ccccn3)C2c2ccc(O)cc2)cc1C. The molecule has 0 radical (unpaired) electrons. The smallest absolute Gasteiger partial charge is 0.296 e. The summed E-state index contributed by atoms with van der Waals surface area (Å²) >= 11 is 0. The minimum Gasteiger partial charge on any atom is -0.508 e. The number of carbonyl (C=O) groups excluding carboxylic acids is 2. The van der Waals surface area contributed by atoms with Crippen molar-refractivity contribution in [3.8, 4) is 11.5 Å². The van der Waals surface area contributed by atoms with Gasteiger partial charge in [0.1, 0.15) is 17.3 Å². The molecule has 1 fully saturated rings. The molecule has 0 aliphatic carbocycles. The Kier molecular flexibility index (Phi) is 5.64. The van der Waals surface area contributed by atoms with Gasteiger partial charge in [-0.05, 0) is 60.5 Å². The number of pyridine rings is 1. The predicted octanol–water partition coefficient (Wildman–Crippen LogP) is 3.73. The molecule has 3 aromatic rings. The number of ketones is 1. The van der Waals surface area contributed by atoms with E-state index in [1.54, 1.807) is 61.8 Å². The molecule has 162 valence electrons. The summed E-state index contributed by atoms with van der Waals surface area (Å²) in [4.78, 5) is 31.7. The number of nitrogens with zero attached hydrogens (tertiary/aromatic N) is 2.